The molecular formula is C16H22BrClN2O. The summed E-state index contributed by atoms with van der Waals surface area (Å²) in [6, 6.07) is 8.67. The van der Waals surface area contributed by atoms with Gasteiger partial charge < -0.3 is 10.2 Å². The van der Waals surface area contributed by atoms with Crippen LogP contribution >= 0.6 is 28.3 Å². The molecule has 2 unspecified atom stereocenters. The van der Waals surface area contributed by atoms with Gasteiger partial charge in [0.2, 0.25) is 5.91 Å². The lowest BCUT2D eigenvalue weighted by atomic mass is 9.87. The topological polar surface area (TPSA) is 32.3 Å². The van der Waals surface area contributed by atoms with Crippen LogP contribution < -0.4 is 5.32 Å². The highest BCUT2D eigenvalue weighted by atomic mass is 79.9. The minimum absolute atomic E-state index is 0. The summed E-state index contributed by atoms with van der Waals surface area (Å²) in [5, 5.41) is 3.26. The SMILES string of the molecule is CC(C(=O)N1CCCC1c1ccc(Br)cc1)C1CNC1.Cl. The first-order chi connectivity index (χ1) is 9.66. The van der Waals surface area contributed by atoms with Gasteiger partial charge in [-0.2, -0.15) is 0 Å². The van der Waals surface area contributed by atoms with Crippen molar-refractivity contribution in [1.82, 2.24) is 10.2 Å². The number of hydrogen-bond donors (Lipinski definition) is 1. The fourth-order valence-corrected chi connectivity index (χ4v) is 3.45. The second-order valence-corrected chi connectivity index (χ2v) is 6.86. The minimum Gasteiger partial charge on any atom is -0.335 e. The Morgan fingerprint density at radius 3 is 2.57 bits per heavy atom. The molecule has 0 radical (unpaired) electrons. The van der Waals surface area contributed by atoms with E-state index in [4.69, 9.17) is 0 Å². The van der Waals surface area contributed by atoms with Gasteiger partial charge in [-0.25, -0.2) is 0 Å². The predicted molar refractivity (Wildman–Crippen MR) is 90.6 cm³/mol. The summed E-state index contributed by atoms with van der Waals surface area (Å²) < 4.78 is 1.09. The van der Waals surface area contributed by atoms with Crippen molar-refractivity contribution in [3.8, 4) is 0 Å². The molecule has 3 nitrogen and oxygen atoms in total. The molecule has 0 bridgehead atoms. The van der Waals surface area contributed by atoms with Crippen LogP contribution in [0.15, 0.2) is 28.7 Å². The number of amides is 1. The lowest BCUT2D eigenvalue weighted by molar-refractivity contribution is -0.138. The molecular weight excluding hydrogens is 352 g/mol. The van der Waals surface area contributed by atoms with Crippen molar-refractivity contribution in [3.05, 3.63) is 34.3 Å². The van der Waals surface area contributed by atoms with E-state index >= 15 is 0 Å². The summed E-state index contributed by atoms with van der Waals surface area (Å²) in [5.74, 6) is 1.00. The standard InChI is InChI=1S/C16H21BrN2O.ClH/c1-11(13-9-18-10-13)16(20)19-8-2-3-15(19)12-4-6-14(17)7-5-12;/h4-7,11,13,15,18H,2-3,8-10H2,1H3;1H. The molecule has 5 heteroatoms. The van der Waals surface area contributed by atoms with E-state index in [-0.39, 0.29) is 24.4 Å². The fraction of sp³-hybridized carbons (Fsp3) is 0.562. The van der Waals surface area contributed by atoms with E-state index in [1.165, 1.54) is 5.56 Å². The summed E-state index contributed by atoms with van der Waals surface area (Å²) in [4.78, 5) is 14.8. The molecule has 1 N–H and O–H groups in total. The van der Waals surface area contributed by atoms with Crippen LogP contribution in [0.25, 0.3) is 0 Å². The number of carbonyl (C=O) groups is 1. The maximum absolute atomic E-state index is 12.7. The zero-order chi connectivity index (χ0) is 14.1. The molecule has 0 aromatic heterocycles. The molecule has 2 aliphatic rings. The summed E-state index contributed by atoms with van der Waals surface area (Å²) in [7, 11) is 0. The van der Waals surface area contributed by atoms with Crippen LogP contribution in [0.1, 0.15) is 31.4 Å². The molecule has 0 saturated carbocycles. The van der Waals surface area contributed by atoms with E-state index in [1.54, 1.807) is 0 Å². The number of hydrogen-bond acceptors (Lipinski definition) is 2. The lowest BCUT2D eigenvalue weighted by Gasteiger charge is -2.35. The largest absolute Gasteiger partial charge is 0.335 e. The van der Waals surface area contributed by atoms with Gasteiger partial charge in [-0.1, -0.05) is 35.0 Å². The number of nitrogens with zero attached hydrogens (tertiary/aromatic N) is 1. The van der Waals surface area contributed by atoms with Crippen LogP contribution in [0.5, 0.6) is 0 Å². The Labute approximate surface area is 141 Å². The summed E-state index contributed by atoms with van der Waals surface area (Å²) >= 11 is 3.47. The third kappa shape index (κ3) is 3.43. The molecule has 21 heavy (non-hydrogen) atoms. The third-order valence-electron chi connectivity index (χ3n) is 4.70. The van der Waals surface area contributed by atoms with E-state index in [1.807, 2.05) is 0 Å². The Balaban J connectivity index is 0.00000161. The second-order valence-electron chi connectivity index (χ2n) is 5.95. The number of halogens is 2. The monoisotopic (exact) mass is 372 g/mol. The van der Waals surface area contributed by atoms with Gasteiger partial charge in [0.05, 0.1) is 6.04 Å². The van der Waals surface area contributed by atoms with Crippen LogP contribution in [0.2, 0.25) is 0 Å². The number of carbonyl (C=O) groups excluding carboxylic acids is 1. The van der Waals surface area contributed by atoms with E-state index < -0.39 is 0 Å². The van der Waals surface area contributed by atoms with Gasteiger partial charge in [0, 0.05) is 16.9 Å². The molecule has 2 atom stereocenters. The van der Waals surface area contributed by atoms with Crippen LogP contribution in [0, 0.1) is 11.8 Å². The van der Waals surface area contributed by atoms with Crippen LogP contribution in [0.4, 0.5) is 0 Å². The fourth-order valence-electron chi connectivity index (χ4n) is 3.19. The minimum atomic E-state index is 0. The molecule has 2 heterocycles. The average molecular weight is 374 g/mol. The van der Waals surface area contributed by atoms with Gasteiger partial charge in [0.15, 0.2) is 0 Å². The molecule has 2 fully saturated rings. The summed E-state index contributed by atoms with van der Waals surface area (Å²) in [6.07, 6.45) is 2.20. The number of likely N-dealkylation sites (tertiary alicyclic amines) is 1. The lowest BCUT2D eigenvalue weighted by Crippen LogP contribution is -2.50. The van der Waals surface area contributed by atoms with Gasteiger partial charge in [0.1, 0.15) is 0 Å². The molecule has 1 amide bonds. The third-order valence-corrected chi connectivity index (χ3v) is 5.23. The van der Waals surface area contributed by atoms with Gasteiger partial charge in [-0.15, -0.1) is 12.4 Å². The van der Waals surface area contributed by atoms with Crippen LogP contribution in [-0.4, -0.2) is 30.4 Å². The van der Waals surface area contributed by atoms with Crippen molar-refractivity contribution < 1.29 is 4.79 Å². The molecule has 3 rings (SSSR count). The van der Waals surface area contributed by atoms with E-state index in [0.29, 0.717) is 11.8 Å². The predicted octanol–water partition coefficient (Wildman–Crippen LogP) is 3.39. The summed E-state index contributed by atoms with van der Waals surface area (Å²) in [5.41, 5.74) is 1.26. The quantitative estimate of drug-likeness (QED) is 0.881. The van der Waals surface area contributed by atoms with Crippen LogP contribution in [0.3, 0.4) is 0 Å². The first-order valence-corrected chi connectivity index (χ1v) is 8.23. The van der Waals surface area contributed by atoms with Crippen molar-refractivity contribution in [2.75, 3.05) is 19.6 Å². The number of rotatable bonds is 3. The van der Waals surface area contributed by atoms with E-state index in [9.17, 15) is 4.79 Å². The second kappa shape index (κ2) is 7.12. The Kier molecular flexibility index (Phi) is 5.69. The Morgan fingerprint density at radius 1 is 1.33 bits per heavy atom. The van der Waals surface area contributed by atoms with Gasteiger partial charge in [-0.05, 0) is 49.5 Å². The van der Waals surface area contributed by atoms with E-state index in [0.717, 1.165) is 36.9 Å². The molecule has 0 spiro atoms. The van der Waals surface area contributed by atoms with Crippen molar-refractivity contribution in [3.63, 3.8) is 0 Å². The first kappa shape index (κ1) is 16.8. The Bertz CT molecular complexity index is 490. The first-order valence-electron chi connectivity index (χ1n) is 7.43. The maximum atomic E-state index is 12.7. The highest BCUT2D eigenvalue weighted by Gasteiger charge is 2.36. The maximum Gasteiger partial charge on any atom is 0.226 e. The summed E-state index contributed by atoms with van der Waals surface area (Å²) in [6.45, 7) is 4.97. The average Bonchev–Trinajstić information content (AvgIpc) is 2.85. The molecule has 116 valence electrons. The zero-order valence-electron chi connectivity index (χ0n) is 12.2. The molecule has 1 aromatic carbocycles. The van der Waals surface area contributed by atoms with Crippen molar-refractivity contribution >= 4 is 34.2 Å². The smallest absolute Gasteiger partial charge is 0.226 e. The number of nitrogens with one attached hydrogen (secondary N) is 1. The normalized spacial score (nSPS) is 23.3. The Morgan fingerprint density at radius 2 is 2.00 bits per heavy atom. The van der Waals surface area contributed by atoms with Crippen molar-refractivity contribution in [2.24, 2.45) is 11.8 Å². The molecule has 0 aliphatic carbocycles. The highest BCUT2D eigenvalue weighted by molar-refractivity contribution is 9.10. The number of benzene rings is 1. The van der Waals surface area contributed by atoms with Crippen molar-refractivity contribution in [2.45, 2.75) is 25.8 Å². The molecule has 2 saturated heterocycles. The Hall–Kier alpha value is -0.580. The highest BCUT2D eigenvalue weighted by Crippen LogP contribution is 2.34. The van der Waals surface area contributed by atoms with Crippen LogP contribution in [-0.2, 0) is 4.79 Å². The molecule has 1 aromatic rings. The van der Waals surface area contributed by atoms with Gasteiger partial charge in [0.25, 0.3) is 0 Å². The van der Waals surface area contributed by atoms with Gasteiger partial charge in [-0.3, -0.25) is 4.79 Å². The van der Waals surface area contributed by atoms with E-state index in [2.05, 4.69) is 57.3 Å². The molecule has 2 aliphatic heterocycles. The zero-order valence-corrected chi connectivity index (χ0v) is 14.6. The van der Waals surface area contributed by atoms with Gasteiger partial charge >= 0.3 is 0 Å². The van der Waals surface area contributed by atoms with Crippen molar-refractivity contribution in [1.29, 1.82) is 0 Å².